The van der Waals surface area contributed by atoms with Crippen molar-refractivity contribution in [1.29, 1.82) is 0 Å². The van der Waals surface area contributed by atoms with Crippen LogP contribution in [0.2, 0.25) is 5.02 Å². The van der Waals surface area contributed by atoms with E-state index in [9.17, 15) is 0 Å². The van der Waals surface area contributed by atoms with E-state index in [0.717, 1.165) is 22.6 Å². The Hall–Kier alpha value is -2.46. The Bertz CT molecular complexity index is 799. The van der Waals surface area contributed by atoms with Crippen molar-refractivity contribution in [1.82, 2.24) is 9.97 Å². The smallest absolute Gasteiger partial charge is 0.161 e. The molecule has 0 spiro atoms. The molecule has 1 aromatic heterocycles. The van der Waals surface area contributed by atoms with Crippen LogP contribution in [-0.4, -0.2) is 24.2 Å². The summed E-state index contributed by atoms with van der Waals surface area (Å²) < 4.78 is 10.6. The molecule has 0 amide bonds. The second-order valence-corrected chi connectivity index (χ2v) is 5.10. The molecule has 2 aromatic carbocycles. The summed E-state index contributed by atoms with van der Waals surface area (Å²) in [5.74, 6) is 2.10. The van der Waals surface area contributed by atoms with Gasteiger partial charge >= 0.3 is 0 Å². The van der Waals surface area contributed by atoms with Crippen LogP contribution < -0.4 is 9.47 Å². The first-order valence-corrected chi connectivity index (χ1v) is 7.13. The van der Waals surface area contributed by atoms with E-state index in [0.29, 0.717) is 16.5 Å². The first-order chi connectivity index (χ1) is 10.7. The molecule has 22 heavy (non-hydrogen) atoms. The number of H-pyrrole nitrogens is 1. The fourth-order valence-corrected chi connectivity index (χ4v) is 2.49. The number of benzene rings is 2. The van der Waals surface area contributed by atoms with Gasteiger partial charge in [-0.1, -0.05) is 23.7 Å². The molecule has 112 valence electrons. The molecule has 0 saturated heterocycles. The molecule has 0 aliphatic heterocycles. The minimum Gasteiger partial charge on any atom is -0.493 e. The Kier molecular flexibility index (Phi) is 4.02. The molecule has 1 heterocycles. The fraction of sp³-hybridized carbons (Fsp3) is 0.118. The maximum absolute atomic E-state index is 6.20. The van der Waals surface area contributed by atoms with E-state index in [-0.39, 0.29) is 0 Å². The third-order valence-electron chi connectivity index (χ3n) is 3.40. The lowest BCUT2D eigenvalue weighted by Gasteiger charge is -2.08. The molecule has 0 radical (unpaired) electrons. The van der Waals surface area contributed by atoms with Crippen molar-refractivity contribution < 1.29 is 9.47 Å². The third-order valence-corrected chi connectivity index (χ3v) is 3.73. The van der Waals surface area contributed by atoms with Gasteiger partial charge < -0.3 is 14.5 Å². The van der Waals surface area contributed by atoms with Crippen molar-refractivity contribution in [2.45, 2.75) is 0 Å². The fourth-order valence-electron chi connectivity index (χ4n) is 2.26. The van der Waals surface area contributed by atoms with Crippen molar-refractivity contribution in [3.8, 4) is 34.1 Å². The first kappa shape index (κ1) is 14.5. The maximum atomic E-state index is 6.20. The Morgan fingerprint density at radius 2 is 1.77 bits per heavy atom. The summed E-state index contributed by atoms with van der Waals surface area (Å²) in [5.41, 5.74) is 2.72. The highest BCUT2D eigenvalue weighted by atomic mass is 35.5. The summed E-state index contributed by atoms with van der Waals surface area (Å²) >= 11 is 6.20. The molecule has 3 rings (SSSR count). The van der Waals surface area contributed by atoms with E-state index in [4.69, 9.17) is 21.1 Å². The minimum absolute atomic E-state index is 0.663. The summed E-state index contributed by atoms with van der Waals surface area (Å²) in [6.45, 7) is 0. The standard InChI is InChI=1S/C17H15ClN2O2/c1-21-15-8-7-11(9-16(15)22-2)14-10-19-17(20-14)12-5-3-4-6-13(12)18/h3-10H,1-2H3,(H,19,20). The number of rotatable bonds is 4. The van der Waals surface area contributed by atoms with Crippen LogP contribution in [-0.2, 0) is 0 Å². The van der Waals surface area contributed by atoms with Gasteiger partial charge in [0.25, 0.3) is 0 Å². The van der Waals surface area contributed by atoms with Crippen molar-refractivity contribution in [2.24, 2.45) is 0 Å². The third kappa shape index (κ3) is 2.65. The van der Waals surface area contributed by atoms with Gasteiger partial charge in [-0.3, -0.25) is 0 Å². The van der Waals surface area contributed by atoms with E-state index < -0.39 is 0 Å². The number of aromatic amines is 1. The van der Waals surface area contributed by atoms with E-state index in [2.05, 4.69) is 9.97 Å². The molecular weight excluding hydrogens is 300 g/mol. The van der Waals surface area contributed by atoms with Gasteiger partial charge in [-0.2, -0.15) is 0 Å². The van der Waals surface area contributed by atoms with Gasteiger partial charge in [0.15, 0.2) is 11.5 Å². The molecule has 0 unspecified atom stereocenters. The van der Waals surface area contributed by atoms with Crippen LogP contribution in [0.15, 0.2) is 48.7 Å². The zero-order chi connectivity index (χ0) is 15.5. The largest absolute Gasteiger partial charge is 0.493 e. The molecule has 3 aromatic rings. The molecule has 4 nitrogen and oxygen atoms in total. The van der Waals surface area contributed by atoms with Gasteiger partial charge in [0.2, 0.25) is 0 Å². The Morgan fingerprint density at radius 1 is 1.00 bits per heavy atom. The summed E-state index contributed by atoms with van der Waals surface area (Å²) in [6.07, 6.45) is 1.78. The lowest BCUT2D eigenvalue weighted by molar-refractivity contribution is 0.355. The SMILES string of the molecule is COc1ccc(-c2cnc(-c3ccccc3Cl)[nH]2)cc1OC. The van der Waals surface area contributed by atoms with Crippen LogP contribution in [0.4, 0.5) is 0 Å². The van der Waals surface area contributed by atoms with E-state index in [1.165, 1.54) is 0 Å². The van der Waals surface area contributed by atoms with Crippen LogP contribution in [0.3, 0.4) is 0 Å². The quantitative estimate of drug-likeness (QED) is 0.775. The Balaban J connectivity index is 1.99. The molecular formula is C17H15ClN2O2. The molecule has 5 heteroatoms. The molecule has 0 fully saturated rings. The highest BCUT2D eigenvalue weighted by Gasteiger charge is 2.10. The lowest BCUT2D eigenvalue weighted by atomic mass is 10.1. The Morgan fingerprint density at radius 3 is 2.50 bits per heavy atom. The van der Waals surface area contributed by atoms with E-state index in [1.54, 1.807) is 20.4 Å². The summed E-state index contributed by atoms with van der Waals surface area (Å²) in [6, 6.07) is 13.3. The van der Waals surface area contributed by atoms with Crippen molar-refractivity contribution >= 4 is 11.6 Å². The number of imidazole rings is 1. The van der Waals surface area contributed by atoms with Gasteiger partial charge in [-0.25, -0.2) is 4.98 Å². The first-order valence-electron chi connectivity index (χ1n) is 6.75. The van der Waals surface area contributed by atoms with Crippen molar-refractivity contribution in [2.75, 3.05) is 14.2 Å². The van der Waals surface area contributed by atoms with E-state index in [1.807, 2.05) is 42.5 Å². The maximum Gasteiger partial charge on any atom is 0.161 e. The van der Waals surface area contributed by atoms with Gasteiger partial charge in [0.05, 0.1) is 31.1 Å². The van der Waals surface area contributed by atoms with Crippen LogP contribution in [0.1, 0.15) is 0 Å². The van der Waals surface area contributed by atoms with E-state index >= 15 is 0 Å². The molecule has 0 atom stereocenters. The predicted octanol–water partition coefficient (Wildman–Crippen LogP) is 4.41. The summed E-state index contributed by atoms with van der Waals surface area (Å²) in [5, 5.41) is 0.663. The average molecular weight is 315 g/mol. The molecule has 1 N–H and O–H groups in total. The number of hydrogen-bond donors (Lipinski definition) is 1. The van der Waals surface area contributed by atoms with Crippen molar-refractivity contribution in [3.63, 3.8) is 0 Å². The second-order valence-electron chi connectivity index (χ2n) is 4.70. The summed E-state index contributed by atoms with van der Waals surface area (Å²) in [4.78, 5) is 7.69. The van der Waals surface area contributed by atoms with Crippen LogP contribution in [0.5, 0.6) is 11.5 Å². The highest BCUT2D eigenvalue weighted by Crippen LogP contribution is 2.33. The topological polar surface area (TPSA) is 47.1 Å². The number of aromatic nitrogens is 2. The van der Waals surface area contributed by atoms with Gasteiger partial charge in [0.1, 0.15) is 5.82 Å². The Labute approximate surface area is 133 Å². The number of nitrogens with one attached hydrogen (secondary N) is 1. The molecule has 0 aliphatic rings. The van der Waals surface area contributed by atoms with Gasteiger partial charge in [-0.15, -0.1) is 0 Å². The molecule has 0 saturated carbocycles. The molecule has 0 aliphatic carbocycles. The van der Waals surface area contributed by atoms with Gasteiger partial charge in [-0.05, 0) is 30.3 Å². The zero-order valence-corrected chi connectivity index (χ0v) is 13.0. The van der Waals surface area contributed by atoms with Crippen LogP contribution in [0, 0.1) is 0 Å². The summed E-state index contributed by atoms with van der Waals surface area (Å²) in [7, 11) is 3.23. The number of halogens is 1. The zero-order valence-electron chi connectivity index (χ0n) is 12.3. The predicted molar refractivity (Wildman–Crippen MR) is 87.6 cm³/mol. The highest BCUT2D eigenvalue weighted by molar-refractivity contribution is 6.33. The number of nitrogens with zero attached hydrogens (tertiary/aromatic N) is 1. The minimum atomic E-state index is 0.663. The average Bonchev–Trinajstić information content (AvgIpc) is 3.04. The lowest BCUT2D eigenvalue weighted by Crippen LogP contribution is -1.91. The van der Waals surface area contributed by atoms with Gasteiger partial charge in [0, 0.05) is 11.1 Å². The number of ether oxygens (including phenoxy) is 2. The number of hydrogen-bond acceptors (Lipinski definition) is 3. The number of methoxy groups -OCH3 is 2. The second kappa shape index (κ2) is 6.12. The normalized spacial score (nSPS) is 10.5. The van der Waals surface area contributed by atoms with Crippen LogP contribution >= 0.6 is 11.6 Å². The monoisotopic (exact) mass is 314 g/mol. The van der Waals surface area contributed by atoms with Crippen LogP contribution in [0.25, 0.3) is 22.6 Å². The van der Waals surface area contributed by atoms with Crippen molar-refractivity contribution in [3.05, 3.63) is 53.7 Å². The molecule has 0 bridgehead atoms.